The van der Waals surface area contributed by atoms with Crippen molar-refractivity contribution in [2.45, 2.75) is 37.8 Å². The molecule has 0 aromatic carbocycles. The molecular formula is C12H17N3. The number of rotatable bonds is 2. The van der Waals surface area contributed by atoms with Crippen molar-refractivity contribution in [3.05, 3.63) is 30.1 Å². The van der Waals surface area contributed by atoms with Gasteiger partial charge in [0.15, 0.2) is 0 Å². The third-order valence-electron chi connectivity index (χ3n) is 2.87. The van der Waals surface area contributed by atoms with Crippen molar-refractivity contribution in [1.82, 2.24) is 4.98 Å². The van der Waals surface area contributed by atoms with Crippen LogP contribution in [0.5, 0.6) is 0 Å². The standard InChI is InChI=1S/C12H17N3/c13-11-6-1-2-7-12(11)15-9-10-5-3-4-8-14-10/h3-5,8-9,11-12H,1-2,6-7,13H2/t11-,12-/m0/s1. The highest BCUT2D eigenvalue weighted by Crippen LogP contribution is 2.19. The Morgan fingerprint density at radius 3 is 2.93 bits per heavy atom. The summed E-state index contributed by atoms with van der Waals surface area (Å²) in [7, 11) is 0. The van der Waals surface area contributed by atoms with E-state index in [2.05, 4.69) is 9.98 Å². The van der Waals surface area contributed by atoms with E-state index in [1.54, 1.807) is 6.20 Å². The predicted octanol–water partition coefficient (Wildman–Crippen LogP) is 1.77. The summed E-state index contributed by atoms with van der Waals surface area (Å²) in [6.45, 7) is 0. The Labute approximate surface area is 90.4 Å². The van der Waals surface area contributed by atoms with Crippen molar-refractivity contribution in [2.24, 2.45) is 10.7 Å². The molecule has 1 fully saturated rings. The van der Waals surface area contributed by atoms with Gasteiger partial charge >= 0.3 is 0 Å². The summed E-state index contributed by atoms with van der Waals surface area (Å²) in [4.78, 5) is 8.72. The minimum absolute atomic E-state index is 0.235. The van der Waals surface area contributed by atoms with Gasteiger partial charge in [0.1, 0.15) is 0 Å². The van der Waals surface area contributed by atoms with E-state index in [-0.39, 0.29) is 6.04 Å². The van der Waals surface area contributed by atoms with Crippen LogP contribution < -0.4 is 5.73 Å². The van der Waals surface area contributed by atoms with E-state index in [0.717, 1.165) is 18.5 Å². The highest BCUT2D eigenvalue weighted by atomic mass is 14.9. The fourth-order valence-corrected chi connectivity index (χ4v) is 1.95. The molecule has 1 saturated carbocycles. The molecular weight excluding hydrogens is 186 g/mol. The van der Waals surface area contributed by atoms with E-state index < -0.39 is 0 Å². The maximum atomic E-state index is 6.01. The van der Waals surface area contributed by atoms with Crippen molar-refractivity contribution in [1.29, 1.82) is 0 Å². The lowest BCUT2D eigenvalue weighted by molar-refractivity contribution is 0.387. The molecule has 0 unspecified atom stereocenters. The van der Waals surface area contributed by atoms with Gasteiger partial charge in [0.2, 0.25) is 0 Å². The molecule has 2 N–H and O–H groups in total. The fraction of sp³-hybridized carbons (Fsp3) is 0.500. The Morgan fingerprint density at radius 1 is 1.33 bits per heavy atom. The second-order valence-electron chi connectivity index (χ2n) is 4.05. The lowest BCUT2D eigenvalue weighted by atomic mass is 9.91. The van der Waals surface area contributed by atoms with Gasteiger partial charge in [-0.2, -0.15) is 0 Å². The number of aliphatic imine (C=N–C) groups is 1. The molecule has 1 heterocycles. The third-order valence-corrected chi connectivity index (χ3v) is 2.87. The van der Waals surface area contributed by atoms with Gasteiger partial charge in [-0.3, -0.25) is 9.98 Å². The summed E-state index contributed by atoms with van der Waals surface area (Å²) in [6, 6.07) is 6.36. The highest BCUT2D eigenvalue weighted by Gasteiger charge is 2.19. The highest BCUT2D eigenvalue weighted by molar-refractivity contribution is 5.76. The van der Waals surface area contributed by atoms with Crippen LogP contribution in [0, 0.1) is 0 Å². The van der Waals surface area contributed by atoms with Crippen LogP contribution in [0.15, 0.2) is 29.4 Å². The minimum Gasteiger partial charge on any atom is -0.326 e. The summed E-state index contributed by atoms with van der Waals surface area (Å²) >= 11 is 0. The van der Waals surface area contributed by atoms with E-state index in [9.17, 15) is 0 Å². The molecule has 0 amide bonds. The summed E-state index contributed by atoms with van der Waals surface area (Å²) in [5, 5.41) is 0. The van der Waals surface area contributed by atoms with Gasteiger partial charge < -0.3 is 5.73 Å². The largest absolute Gasteiger partial charge is 0.326 e. The molecule has 1 aromatic heterocycles. The SMILES string of the molecule is N[C@H]1CCCC[C@@H]1N=Cc1ccccn1. The smallest absolute Gasteiger partial charge is 0.0807 e. The molecule has 80 valence electrons. The quantitative estimate of drug-likeness (QED) is 0.745. The maximum absolute atomic E-state index is 6.01. The van der Waals surface area contributed by atoms with Crippen LogP contribution in [0.1, 0.15) is 31.4 Å². The van der Waals surface area contributed by atoms with Crippen molar-refractivity contribution in [2.75, 3.05) is 0 Å². The van der Waals surface area contributed by atoms with Crippen molar-refractivity contribution < 1.29 is 0 Å². The molecule has 1 aliphatic carbocycles. The minimum atomic E-state index is 0.235. The van der Waals surface area contributed by atoms with Crippen LogP contribution in [0.2, 0.25) is 0 Å². The topological polar surface area (TPSA) is 51.3 Å². The Hall–Kier alpha value is -1.22. The van der Waals surface area contributed by atoms with Gasteiger partial charge in [-0.25, -0.2) is 0 Å². The monoisotopic (exact) mass is 203 g/mol. The molecule has 1 aromatic rings. The van der Waals surface area contributed by atoms with Crippen LogP contribution in [-0.2, 0) is 0 Å². The molecule has 15 heavy (non-hydrogen) atoms. The summed E-state index contributed by atoms with van der Waals surface area (Å²) in [6.07, 6.45) is 8.33. The zero-order chi connectivity index (χ0) is 10.5. The van der Waals surface area contributed by atoms with E-state index >= 15 is 0 Å². The fourth-order valence-electron chi connectivity index (χ4n) is 1.95. The molecule has 3 nitrogen and oxygen atoms in total. The maximum Gasteiger partial charge on any atom is 0.0807 e. The zero-order valence-electron chi connectivity index (χ0n) is 8.84. The normalized spacial score (nSPS) is 27.0. The molecule has 0 bridgehead atoms. The van der Waals surface area contributed by atoms with Gasteiger partial charge in [-0.15, -0.1) is 0 Å². The van der Waals surface area contributed by atoms with E-state index in [0.29, 0.717) is 6.04 Å². The summed E-state index contributed by atoms with van der Waals surface area (Å²) in [5.74, 6) is 0. The lowest BCUT2D eigenvalue weighted by Gasteiger charge is -2.24. The summed E-state index contributed by atoms with van der Waals surface area (Å²) < 4.78 is 0. The van der Waals surface area contributed by atoms with Crippen molar-refractivity contribution >= 4 is 6.21 Å². The average molecular weight is 203 g/mol. The van der Waals surface area contributed by atoms with Crippen LogP contribution in [0.4, 0.5) is 0 Å². The van der Waals surface area contributed by atoms with Gasteiger partial charge in [-0.1, -0.05) is 18.9 Å². The van der Waals surface area contributed by atoms with Crippen molar-refractivity contribution in [3.8, 4) is 0 Å². The number of hydrogen-bond acceptors (Lipinski definition) is 3. The first-order valence-electron chi connectivity index (χ1n) is 5.56. The number of pyridine rings is 1. The number of nitrogens with zero attached hydrogens (tertiary/aromatic N) is 2. The number of nitrogens with two attached hydrogens (primary N) is 1. The summed E-state index contributed by atoms with van der Waals surface area (Å²) in [5.41, 5.74) is 6.92. The molecule has 2 atom stereocenters. The first-order chi connectivity index (χ1) is 7.36. The first-order valence-corrected chi connectivity index (χ1v) is 5.56. The van der Waals surface area contributed by atoms with Gasteiger partial charge in [0.05, 0.1) is 11.7 Å². The van der Waals surface area contributed by atoms with E-state index in [4.69, 9.17) is 5.73 Å². The van der Waals surface area contributed by atoms with Gasteiger partial charge in [-0.05, 0) is 25.0 Å². The van der Waals surface area contributed by atoms with Crippen LogP contribution >= 0.6 is 0 Å². The molecule has 0 spiro atoms. The second kappa shape index (κ2) is 5.03. The number of aromatic nitrogens is 1. The van der Waals surface area contributed by atoms with Crippen LogP contribution in [0.3, 0.4) is 0 Å². The van der Waals surface area contributed by atoms with E-state index in [1.807, 2.05) is 24.4 Å². The van der Waals surface area contributed by atoms with Crippen LogP contribution in [-0.4, -0.2) is 23.3 Å². The molecule has 2 rings (SSSR count). The molecule has 0 saturated heterocycles. The Kier molecular flexibility index (Phi) is 3.45. The van der Waals surface area contributed by atoms with Crippen LogP contribution in [0.25, 0.3) is 0 Å². The molecule has 3 heteroatoms. The Balaban J connectivity index is 1.98. The van der Waals surface area contributed by atoms with E-state index in [1.165, 1.54) is 12.8 Å². The first kappa shape index (κ1) is 10.3. The second-order valence-corrected chi connectivity index (χ2v) is 4.05. The Morgan fingerprint density at radius 2 is 2.20 bits per heavy atom. The molecule has 1 aliphatic rings. The zero-order valence-corrected chi connectivity index (χ0v) is 8.84. The lowest BCUT2D eigenvalue weighted by Crippen LogP contribution is -2.36. The number of hydrogen-bond donors (Lipinski definition) is 1. The van der Waals surface area contributed by atoms with Crippen molar-refractivity contribution in [3.63, 3.8) is 0 Å². The van der Waals surface area contributed by atoms with Gasteiger partial charge in [0, 0.05) is 18.5 Å². The van der Waals surface area contributed by atoms with Gasteiger partial charge in [0.25, 0.3) is 0 Å². The predicted molar refractivity (Wildman–Crippen MR) is 62.1 cm³/mol. The average Bonchev–Trinajstić information content (AvgIpc) is 2.29. The third kappa shape index (κ3) is 2.86. The Bertz CT molecular complexity index is 321. The molecule has 0 aliphatic heterocycles. The molecule has 0 radical (unpaired) electrons.